The largest absolute Gasteiger partial charge is 0.507 e. The number of fused-ring (bicyclic) bond motifs is 1. The van der Waals surface area contributed by atoms with Crippen molar-refractivity contribution in [3.8, 4) is 11.5 Å². The summed E-state index contributed by atoms with van der Waals surface area (Å²) >= 11 is 0. The van der Waals surface area contributed by atoms with Gasteiger partial charge in [-0.25, -0.2) is 0 Å². The minimum absolute atomic E-state index is 0.257. The Bertz CT molecular complexity index is 773. The van der Waals surface area contributed by atoms with Gasteiger partial charge in [-0.1, -0.05) is 13.8 Å². The van der Waals surface area contributed by atoms with Crippen LogP contribution in [0.25, 0.3) is 0 Å². The number of ether oxygens (including phenoxy) is 2. The zero-order chi connectivity index (χ0) is 21.2. The molecule has 158 valence electrons. The molecule has 1 aromatic rings. The summed E-state index contributed by atoms with van der Waals surface area (Å²) in [5.74, 6) is 0.902. The summed E-state index contributed by atoms with van der Waals surface area (Å²) in [6.07, 6.45) is -5.66. The van der Waals surface area contributed by atoms with Crippen molar-refractivity contribution in [2.24, 2.45) is 5.41 Å². The molecule has 28 heavy (non-hydrogen) atoms. The van der Waals surface area contributed by atoms with Crippen molar-refractivity contribution in [1.29, 1.82) is 0 Å². The number of aliphatic hydroxyl groups excluding tert-OH is 4. The summed E-state index contributed by atoms with van der Waals surface area (Å²) in [6.45, 7) is 10.8. The smallest absolute Gasteiger partial charge is 0.140 e. The second kappa shape index (κ2) is 6.85. The highest BCUT2D eigenvalue weighted by Gasteiger charge is 2.60. The van der Waals surface area contributed by atoms with Crippen LogP contribution in [0.3, 0.4) is 0 Å². The van der Waals surface area contributed by atoms with Crippen LogP contribution in [0.1, 0.15) is 43.0 Å². The molecule has 0 aliphatic carbocycles. The lowest BCUT2D eigenvalue weighted by Gasteiger charge is -2.56. The predicted octanol–water partition coefficient (Wildman–Crippen LogP) is 0.880. The van der Waals surface area contributed by atoms with Gasteiger partial charge in [0.15, 0.2) is 0 Å². The fraction of sp³-hybridized carbons (Fsp3) is 0.714. The number of phenolic OH excluding ortho intramolecular Hbond substituents is 1. The molecule has 7 heteroatoms. The van der Waals surface area contributed by atoms with Crippen LogP contribution >= 0.6 is 0 Å². The van der Waals surface area contributed by atoms with Crippen molar-refractivity contribution in [2.75, 3.05) is 6.61 Å². The Balaban J connectivity index is 2.12. The van der Waals surface area contributed by atoms with Crippen molar-refractivity contribution in [1.82, 2.24) is 0 Å². The van der Waals surface area contributed by atoms with E-state index in [0.29, 0.717) is 12.2 Å². The highest BCUT2D eigenvalue weighted by atomic mass is 16.6. The molecule has 3 rings (SSSR count). The third kappa shape index (κ3) is 2.83. The van der Waals surface area contributed by atoms with Gasteiger partial charge in [0.25, 0.3) is 0 Å². The molecule has 1 aromatic carbocycles. The van der Waals surface area contributed by atoms with E-state index in [4.69, 9.17) is 9.47 Å². The van der Waals surface area contributed by atoms with Gasteiger partial charge in [-0.15, -0.1) is 0 Å². The Morgan fingerprint density at radius 2 is 1.54 bits per heavy atom. The van der Waals surface area contributed by atoms with Crippen molar-refractivity contribution in [3.05, 3.63) is 22.3 Å². The Kier molecular flexibility index (Phi) is 5.22. The maximum Gasteiger partial charge on any atom is 0.140 e. The van der Waals surface area contributed by atoms with E-state index in [0.717, 1.165) is 22.3 Å². The minimum Gasteiger partial charge on any atom is -0.507 e. The maximum atomic E-state index is 10.7. The zero-order valence-electron chi connectivity index (χ0n) is 17.4. The normalized spacial score (nSPS) is 37.3. The first-order valence-electron chi connectivity index (χ1n) is 9.68. The molecule has 5 N–H and O–H groups in total. The first-order chi connectivity index (χ1) is 12.9. The molecular weight excluding hydrogens is 364 g/mol. The van der Waals surface area contributed by atoms with Gasteiger partial charge in [0.1, 0.15) is 47.6 Å². The monoisotopic (exact) mass is 396 g/mol. The minimum atomic E-state index is -1.46. The second-order valence-corrected chi connectivity index (χ2v) is 9.05. The molecule has 2 heterocycles. The van der Waals surface area contributed by atoms with Gasteiger partial charge in [0.2, 0.25) is 0 Å². The molecule has 6 atom stereocenters. The lowest BCUT2D eigenvalue weighted by molar-refractivity contribution is -0.280. The molecule has 2 aliphatic rings. The molecule has 0 spiro atoms. The van der Waals surface area contributed by atoms with E-state index in [-0.39, 0.29) is 5.75 Å². The SMILES string of the molecule is Cc1c(C)c2c(c(C)c1O)CC(C)(C)C(C)([C@H]1O[C@H](CO)[C@@H](O)[C@H](O)[C@H]1O)O2. The van der Waals surface area contributed by atoms with Crippen molar-refractivity contribution in [2.45, 2.75) is 84.1 Å². The predicted molar refractivity (Wildman–Crippen MR) is 103 cm³/mol. The lowest BCUT2D eigenvalue weighted by atomic mass is 9.64. The van der Waals surface area contributed by atoms with Crippen molar-refractivity contribution >= 4 is 0 Å². The van der Waals surface area contributed by atoms with Crippen LogP contribution in [-0.2, 0) is 11.2 Å². The third-order valence-corrected chi connectivity index (χ3v) is 7.05. The second-order valence-electron chi connectivity index (χ2n) is 9.05. The molecule has 1 fully saturated rings. The van der Waals surface area contributed by atoms with Crippen LogP contribution < -0.4 is 4.74 Å². The summed E-state index contributed by atoms with van der Waals surface area (Å²) < 4.78 is 12.4. The van der Waals surface area contributed by atoms with Gasteiger partial charge in [0.05, 0.1) is 6.61 Å². The highest BCUT2D eigenvalue weighted by molar-refractivity contribution is 5.59. The Hall–Kier alpha value is -1.38. The Labute approximate surface area is 165 Å². The molecular formula is C21H32O7. The average Bonchev–Trinajstić information content (AvgIpc) is 2.64. The number of hydrogen-bond donors (Lipinski definition) is 5. The molecule has 0 aromatic heterocycles. The van der Waals surface area contributed by atoms with Gasteiger partial charge in [0, 0.05) is 11.0 Å². The van der Waals surface area contributed by atoms with Crippen LogP contribution in [0, 0.1) is 26.2 Å². The molecule has 1 unspecified atom stereocenters. The topological polar surface area (TPSA) is 120 Å². The van der Waals surface area contributed by atoms with Gasteiger partial charge >= 0.3 is 0 Å². The Morgan fingerprint density at radius 3 is 2.11 bits per heavy atom. The average molecular weight is 396 g/mol. The van der Waals surface area contributed by atoms with Crippen LogP contribution in [0.4, 0.5) is 0 Å². The van der Waals surface area contributed by atoms with Gasteiger partial charge < -0.3 is 35.0 Å². The van der Waals surface area contributed by atoms with Gasteiger partial charge in [-0.3, -0.25) is 0 Å². The quantitative estimate of drug-likeness (QED) is 0.503. The van der Waals surface area contributed by atoms with E-state index >= 15 is 0 Å². The first kappa shape index (κ1) is 21.3. The summed E-state index contributed by atoms with van der Waals surface area (Å²) in [5.41, 5.74) is 1.60. The fourth-order valence-corrected chi connectivity index (χ4v) is 4.49. The van der Waals surface area contributed by atoms with Crippen LogP contribution in [0.15, 0.2) is 0 Å². The third-order valence-electron chi connectivity index (χ3n) is 7.05. The van der Waals surface area contributed by atoms with Crippen LogP contribution in [0.5, 0.6) is 11.5 Å². The Morgan fingerprint density at radius 1 is 0.929 bits per heavy atom. The highest BCUT2D eigenvalue weighted by Crippen LogP contribution is 2.53. The molecule has 0 bridgehead atoms. The number of rotatable bonds is 2. The van der Waals surface area contributed by atoms with Crippen LogP contribution in [0.2, 0.25) is 0 Å². The van der Waals surface area contributed by atoms with Gasteiger partial charge in [-0.2, -0.15) is 0 Å². The summed E-state index contributed by atoms with van der Waals surface area (Å²) in [4.78, 5) is 0. The first-order valence-corrected chi connectivity index (χ1v) is 9.68. The van der Waals surface area contributed by atoms with E-state index in [1.54, 1.807) is 0 Å². The molecule has 7 nitrogen and oxygen atoms in total. The zero-order valence-corrected chi connectivity index (χ0v) is 17.4. The molecule has 0 saturated carbocycles. The van der Waals surface area contributed by atoms with Gasteiger partial charge in [-0.05, 0) is 50.8 Å². The number of aliphatic hydroxyl groups is 4. The summed E-state index contributed by atoms with van der Waals surface area (Å²) in [7, 11) is 0. The number of benzene rings is 1. The summed E-state index contributed by atoms with van der Waals surface area (Å²) in [6, 6.07) is 0. The standard InChI is InChI=1S/C21H32O7/c1-9-10(2)18-12(11(3)14(9)23)7-20(4,5)21(6,28-18)19-17(26)16(25)15(24)13(8-22)27-19/h13,15-17,19,22-26H,7-8H2,1-6H3/t13-,15-,16+,17-,19+,21?/m1/s1. The number of hydrogen-bond acceptors (Lipinski definition) is 7. The number of phenols is 1. The van der Waals surface area contributed by atoms with E-state index in [9.17, 15) is 25.5 Å². The van der Waals surface area contributed by atoms with Crippen molar-refractivity contribution in [3.63, 3.8) is 0 Å². The number of aromatic hydroxyl groups is 1. The fourth-order valence-electron chi connectivity index (χ4n) is 4.49. The maximum absolute atomic E-state index is 10.7. The molecule has 2 aliphatic heterocycles. The van der Waals surface area contributed by atoms with E-state index in [2.05, 4.69) is 0 Å². The van der Waals surface area contributed by atoms with Crippen molar-refractivity contribution < 1.29 is 35.0 Å². The van der Waals surface area contributed by atoms with E-state index in [1.165, 1.54) is 0 Å². The van der Waals surface area contributed by atoms with E-state index in [1.807, 2.05) is 41.5 Å². The molecule has 0 amide bonds. The van der Waals surface area contributed by atoms with Crippen LogP contribution in [-0.4, -0.2) is 68.3 Å². The molecule has 1 saturated heterocycles. The lowest BCUT2D eigenvalue weighted by Crippen LogP contribution is -2.70. The van der Waals surface area contributed by atoms with E-state index < -0.39 is 48.1 Å². The molecule has 0 radical (unpaired) electrons. The summed E-state index contributed by atoms with van der Waals surface area (Å²) in [5, 5.41) is 51.1.